The molecule has 2 aliphatic heterocycles. The molecule has 0 aliphatic carbocycles. The van der Waals surface area contributed by atoms with Crippen LogP contribution < -0.4 is 0 Å². The van der Waals surface area contributed by atoms with Gasteiger partial charge in [0.05, 0.1) is 17.1 Å². The lowest BCUT2D eigenvalue weighted by Gasteiger charge is -2.31. The number of fused-ring (bicyclic) bond motifs is 2. The number of rotatable bonds is 3. The fraction of sp³-hybridized carbons (Fsp3) is 0.348. The summed E-state index contributed by atoms with van der Waals surface area (Å²) in [6.07, 6.45) is 1.84. The number of benzene rings is 2. The van der Waals surface area contributed by atoms with Crippen LogP contribution in [0.25, 0.3) is 11.0 Å². The number of imidazole rings is 1. The summed E-state index contributed by atoms with van der Waals surface area (Å²) in [4.78, 5) is 34.7. The van der Waals surface area contributed by atoms with Gasteiger partial charge in [-0.05, 0) is 43.5 Å². The summed E-state index contributed by atoms with van der Waals surface area (Å²) in [5.41, 5.74) is 3.72. The summed E-state index contributed by atoms with van der Waals surface area (Å²) in [5.74, 6) is 0.862. The van der Waals surface area contributed by atoms with E-state index in [1.54, 1.807) is 4.90 Å². The first-order valence-corrected chi connectivity index (χ1v) is 10.2. The van der Waals surface area contributed by atoms with Gasteiger partial charge in [0.15, 0.2) is 0 Å². The molecule has 1 aromatic heterocycles. The van der Waals surface area contributed by atoms with Crippen LogP contribution in [0.1, 0.15) is 47.6 Å². The number of amides is 2. The zero-order chi connectivity index (χ0) is 20.1. The van der Waals surface area contributed by atoms with Gasteiger partial charge in [0, 0.05) is 25.7 Å². The van der Waals surface area contributed by atoms with E-state index in [4.69, 9.17) is 4.98 Å². The van der Waals surface area contributed by atoms with Gasteiger partial charge in [0.1, 0.15) is 11.9 Å². The molecule has 1 fully saturated rings. The lowest BCUT2D eigenvalue weighted by atomic mass is 10.1. The van der Waals surface area contributed by atoms with Crippen LogP contribution in [-0.4, -0.2) is 43.8 Å². The first-order valence-electron chi connectivity index (χ1n) is 10.2. The Bertz CT molecular complexity index is 1120. The smallest absolute Gasteiger partial charge is 0.255 e. The standard InChI is InChI=1S/C23H24N4O2/c1-15(27-14-16-8-3-4-9-17(16)23(27)29)22(28)26-13-7-12-20(26)21-24-18-10-5-6-11-19(18)25(21)2/h3-6,8-11,15,20H,7,12-14H2,1-2H3/t15-,20+/m1/s1. The number of carbonyl (C=O) groups is 2. The Hall–Kier alpha value is -3.15. The second kappa shape index (κ2) is 6.72. The number of hydrogen-bond donors (Lipinski definition) is 0. The highest BCUT2D eigenvalue weighted by Gasteiger charge is 2.40. The van der Waals surface area contributed by atoms with Gasteiger partial charge in [-0.1, -0.05) is 30.3 Å². The van der Waals surface area contributed by atoms with E-state index >= 15 is 0 Å². The third-order valence-electron chi connectivity index (χ3n) is 6.33. The summed E-state index contributed by atoms with van der Waals surface area (Å²) >= 11 is 0. The Morgan fingerprint density at radius 3 is 2.69 bits per heavy atom. The van der Waals surface area contributed by atoms with Gasteiger partial charge >= 0.3 is 0 Å². The Morgan fingerprint density at radius 2 is 1.90 bits per heavy atom. The van der Waals surface area contributed by atoms with Crippen molar-refractivity contribution < 1.29 is 9.59 Å². The van der Waals surface area contributed by atoms with Crippen LogP contribution in [0.15, 0.2) is 48.5 Å². The highest BCUT2D eigenvalue weighted by atomic mass is 16.2. The quantitative estimate of drug-likeness (QED) is 0.692. The summed E-state index contributed by atoms with van der Waals surface area (Å²) < 4.78 is 2.09. The molecule has 6 nitrogen and oxygen atoms in total. The van der Waals surface area contributed by atoms with Crippen LogP contribution in [-0.2, 0) is 18.4 Å². The average Bonchev–Trinajstić information content (AvgIpc) is 3.44. The van der Waals surface area contributed by atoms with Crippen molar-refractivity contribution in [2.24, 2.45) is 7.05 Å². The molecule has 2 amide bonds. The first-order chi connectivity index (χ1) is 14.1. The Kier molecular flexibility index (Phi) is 4.15. The van der Waals surface area contributed by atoms with Gasteiger partial charge < -0.3 is 14.4 Å². The second-order valence-corrected chi connectivity index (χ2v) is 7.97. The van der Waals surface area contributed by atoms with Crippen molar-refractivity contribution in [1.82, 2.24) is 19.4 Å². The van der Waals surface area contributed by atoms with E-state index in [2.05, 4.69) is 10.6 Å². The minimum Gasteiger partial charge on any atom is -0.331 e. The van der Waals surface area contributed by atoms with E-state index in [1.165, 1.54) is 0 Å². The second-order valence-electron chi connectivity index (χ2n) is 7.97. The molecule has 0 saturated carbocycles. The number of likely N-dealkylation sites (tertiary alicyclic amines) is 1. The van der Waals surface area contributed by atoms with Crippen LogP contribution in [0.2, 0.25) is 0 Å². The number of para-hydroxylation sites is 2. The van der Waals surface area contributed by atoms with Crippen molar-refractivity contribution >= 4 is 22.8 Å². The molecular formula is C23H24N4O2. The van der Waals surface area contributed by atoms with Crippen molar-refractivity contribution in [3.8, 4) is 0 Å². The molecule has 2 aliphatic rings. The first kappa shape index (κ1) is 17.9. The predicted octanol–water partition coefficient (Wildman–Crippen LogP) is 3.28. The van der Waals surface area contributed by atoms with Crippen LogP contribution in [0.5, 0.6) is 0 Å². The molecular weight excluding hydrogens is 364 g/mol. The van der Waals surface area contributed by atoms with Gasteiger partial charge in [-0.25, -0.2) is 4.98 Å². The maximum absolute atomic E-state index is 13.4. The summed E-state index contributed by atoms with van der Waals surface area (Å²) in [6, 6.07) is 15.1. The minimum atomic E-state index is -0.495. The van der Waals surface area contributed by atoms with Crippen molar-refractivity contribution in [3.05, 3.63) is 65.5 Å². The molecule has 0 bridgehead atoms. The molecule has 29 heavy (non-hydrogen) atoms. The van der Waals surface area contributed by atoms with Crippen LogP contribution in [0.3, 0.4) is 0 Å². The third-order valence-corrected chi connectivity index (χ3v) is 6.33. The molecule has 0 spiro atoms. The minimum absolute atomic E-state index is 0.000659. The Morgan fingerprint density at radius 1 is 1.14 bits per heavy atom. The van der Waals surface area contributed by atoms with Crippen molar-refractivity contribution in [3.63, 3.8) is 0 Å². The normalized spacial score (nSPS) is 19.8. The lowest BCUT2D eigenvalue weighted by Crippen LogP contribution is -2.47. The SMILES string of the molecule is C[C@H](C(=O)N1CCC[C@H]1c1nc2ccccc2n1C)N1Cc2ccccc2C1=O. The molecule has 0 N–H and O–H groups in total. The van der Waals surface area contributed by atoms with E-state index in [0.29, 0.717) is 18.7 Å². The Labute approximate surface area is 169 Å². The fourth-order valence-corrected chi connectivity index (χ4v) is 4.72. The molecule has 0 unspecified atom stereocenters. The summed E-state index contributed by atoms with van der Waals surface area (Å²) in [6.45, 7) is 3.04. The fourth-order valence-electron chi connectivity index (χ4n) is 4.72. The van der Waals surface area contributed by atoms with Gasteiger partial charge in [0.2, 0.25) is 5.91 Å². The highest BCUT2D eigenvalue weighted by Crippen LogP contribution is 2.34. The summed E-state index contributed by atoms with van der Waals surface area (Å²) in [7, 11) is 2.01. The van der Waals surface area contributed by atoms with Gasteiger partial charge in [-0.15, -0.1) is 0 Å². The number of nitrogens with zero attached hydrogens (tertiary/aromatic N) is 4. The molecule has 2 aromatic carbocycles. The lowest BCUT2D eigenvalue weighted by molar-refractivity contribution is -0.136. The van der Waals surface area contributed by atoms with E-state index < -0.39 is 6.04 Å². The molecule has 148 valence electrons. The molecule has 3 aromatic rings. The van der Waals surface area contributed by atoms with E-state index in [9.17, 15) is 9.59 Å². The molecule has 5 rings (SSSR count). The van der Waals surface area contributed by atoms with Gasteiger partial charge in [-0.2, -0.15) is 0 Å². The zero-order valence-electron chi connectivity index (χ0n) is 16.7. The number of carbonyl (C=O) groups excluding carboxylic acids is 2. The highest BCUT2D eigenvalue weighted by molar-refractivity contribution is 6.01. The van der Waals surface area contributed by atoms with E-state index in [1.807, 2.05) is 61.3 Å². The third kappa shape index (κ3) is 2.74. The molecule has 1 saturated heterocycles. The van der Waals surface area contributed by atoms with Crippen molar-refractivity contribution in [2.45, 2.75) is 38.4 Å². The molecule has 6 heteroatoms. The Balaban J connectivity index is 1.42. The maximum Gasteiger partial charge on any atom is 0.255 e. The summed E-state index contributed by atoms with van der Waals surface area (Å²) in [5, 5.41) is 0. The zero-order valence-corrected chi connectivity index (χ0v) is 16.7. The largest absolute Gasteiger partial charge is 0.331 e. The molecule has 2 atom stereocenters. The average molecular weight is 388 g/mol. The predicted molar refractivity (Wildman–Crippen MR) is 110 cm³/mol. The van der Waals surface area contributed by atoms with Crippen LogP contribution in [0, 0.1) is 0 Å². The monoisotopic (exact) mass is 388 g/mol. The van der Waals surface area contributed by atoms with Crippen LogP contribution >= 0.6 is 0 Å². The molecule has 3 heterocycles. The maximum atomic E-state index is 13.4. The van der Waals surface area contributed by atoms with Gasteiger partial charge in [0.25, 0.3) is 5.91 Å². The van der Waals surface area contributed by atoms with Crippen molar-refractivity contribution in [2.75, 3.05) is 6.54 Å². The number of hydrogen-bond acceptors (Lipinski definition) is 3. The van der Waals surface area contributed by atoms with E-state index in [-0.39, 0.29) is 17.9 Å². The van der Waals surface area contributed by atoms with Crippen molar-refractivity contribution in [1.29, 1.82) is 0 Å². The number of aryl methyl sites for hydroxylation is 1. The van der Waals surface area contributed by atoms with Gasteiger partial charge in [-0.3, -0.25) is 9.59 Å². The van der Waals surface area contributed by atoms with Crippen LogP contribution in [0.4, 0.5) is 0 Å². The topological polar surface area (TPSA) is 58.4 Å². The number of aromatic nitrogens is 2. The molecule has 0 radical (unpaired) electrons. The van der Waals surface area contributed by atoms with E-state index in [0.717, 1.165) is 35.3 Å².